The van der Waals surface area contributed by atoms with Crippen molar-refractivity contribution in [2.45, 2.75) is 56.0 Å². The molecule has 2 saturated heterocycles. The predicted molar refractivity (Wildman–Crippen MR) is 188 cm³/mol. The van der Waals surface area contributed by atoms with Crippen LogP contribution in [0.3, 0.4) is 0 Å². The smallest absolute Gasteiger partial charge is 0.417 e. The lowest BCUT2D eigenvalue weighted by atomic mass is 9.49. The zero-order valence-electron chi connectivity index (χ0n) is 28.4. The Morgan fingerprint density at radius 3 is 2.30 bits per heavy atom. The SMILES string of the molecule is O=C(O)CCCCCN1C(=O)C2CC=C3C(CC4C(=O)N(Nc5ncc(C(F)(F)F)cc5Cl)C(=O)C4(c4ccc(Cl)cc4)C3c3ccc(O)cc3)C2C1=O. The number of hydrazine groups is 1. The lowest BCUT2D eigenvalue weighted by Gasteiger charge is -2.50. The summed E-state index contributed by atoms with van der Waals surface area (Å²) in [4.78, 5) is 73.7. The Hall–Kier alpha value is -4.95. The van der Waals surface area contributed by atoms with E-state index in [2.05, 4.69) is 10.4 Å². The Morgan fingerprint density at radius 2 is 1.65 bits per heavy atom. The number of imide groups is 2. The van der Waals surface area contributed by atoms with Gasteiger partial charge in [-0.2, -0.15) is 18.2 Å². The molecule has 4 aliphatic rings. The lowest BCUT2D eigenvalue weighted by molar-refractivity contribution is -0.141. The van der Waals surface area contributed by atoms with Crippen LogP contribution in [0.5, 0.6) is 5.75 Å². The van der Waals surface area contributed by atoms with E-state index in [0.29, 0.717) is 58.3 Å². The molecule has 54 heavy (non-hydrogen) atoms. The third-order valence-electron chi connectivity index (χ3n) is 11.1. The molecule has 0 bridgehead atoms. The van der Waals surface area contributed by atoms with Crippen molar-refractivity contribution in [1.29, 1.82) is 0 Å². The van der Waals surface area contributed by atoms with Gasteiger partial charge in [0.1, 0.15) is 5.75 Å². The van der Waals surface area contributed by atoms with E-state index >= 15 is 4.79 Å². The van der Waals surface area contributed by atoms with Crippen LogP contribution in [0.25, 0.3) is 0 Å². The number of pyridine rings is 1. The number of carbonyl (C=O) groups is 5. The number of likely N-dealkylation sites (tertiary alicyclic amines) is 1. The number of nitrogens with zero attached hydrogens (tertiary/aromatic N) is 3. The average molecular weight is 786 g/mol. The first kappa shape index (κ1) is 37.4. The third-order valence-corrected chi connectivity index (χ3v) is 11.7. The quantitative estimate of drug-likeness (QED) is 0.115. The Kier molecular flexibility index (Phi) is 9.71. The van der Waals surface area contributed by atoms with Crippen LogP contribution in [-0.2, 0) is 35.6 Å². The maximum Gasteiger partial charge on any atom is 0.417 e. The number of rotatable bonds is 10. The van der Waals surface area contributed by atoms with Crippen LogP contribution in [-0.4, -0.2) is 61.2 Å². The third kappa shape index (κ3) is 6.18. The summed E-state index contributed by atoms with van der Waals surface area (Å²) in [6.45, 7) is 0.113. The van der Waals surface area contributed by atoms with Crippen LogP contribution >= 0.6 is 23.2 Å². The summed E-state index contributed by atoms with van der Waals surface area (Å²) in [7, 11) is 0. The summed E-state index contributed by atoms with van der Waals surface area (Å²) in [5, 5.41) is 19.8. The first-order valence-electron chi connectivity index (χ1n) is 17.3. The number of aliphatic carboxylic acids is 1. The van der Waals surface area contributed by atoms with E-state index in [9.17, 15) is 37.5 Å². The van der Waals surface area contributed by atoms with E-state index in [-0.39, 0.29) is 43.3 Å². The first-order chi connectivity index (χ1) is 25.6. The summed E-state index contributed by atoms with van der Waals surface area (Å²) in [6.07, 6.45) is -0.938. The number of aromatic nitrogens is 1. The Balaban J connectivity index is 1.33. The second-order valence-corrected chi connectivity index (χ2v) is 14.9. The van der Waals surface area contributed by atoms with Gasteiger partial charge in [-0.25, -0.2) is 4.98 Å². The number of phenols is 1. The molecule has 11 nitrogen and oxygen atoms in total. The fourth-order valence-corrected chi connectivity index (χ4v) is 9.17. The van der Waals surface area contributed by atoms with Crippen LogP contribution in [0.1, 0.15) is 61.1 Å². The minimum atomic E-state index is -4.75. The number of amides is 4. The first-order valence-corrected chi connectivity index (χ1v) is 18.1. The van der Waals surface area contributed by atoms with Gasteiger partial charge in [-0.05, 0) is 73.1 Å². The van der Waals surface area contributed by atoms with Crippen molar-refractivity contribution in [2.75, 3.05) is 12.0 Å². The van der Waals surface area contributed by atoms with Gasteiger partial charge in [-0.15, -0.1) is 0 Å². The predicted octanol–water partition coefficient (Wildman–Crippen LogP) is 6.74. The summed E-state index contributed by atoms with van der Waals surface area (Å²) in [5.41, 5.74) is 1.36. The second kappa shape index (κ2) is 14.0. The van der Waals surface area contributed by atoms with Crippen molar-refractivity contribution in [3.63, 3.8) is 0 Å². The fraction of sp³-hybridized carbons (Fsp3) is 0.368. The molecule has 7 rings (SSSR count). The van der Waals surface area contributed by atoms with Gasteiger partial charge in [0.15, 0.2) is 5.82 Å². The molecule has 16 heteroatoms. The number of aromatic hydroxyl groups is 1. The topological polar surface area (TPSA) is 157 Å². The van der Waals surface area contributed by atoms with Crippen molar-refractivity contribution in [3.8, 4) is 5.75 Å². The van der Waals surface area contributed by atoms with Gasteiger partial charge >= 0.3 is 12.1 Å². The molecule has 0 radical (unpaired) electrons. The number of carboxylic acids is 1. The van der Waals surface area contributed by atoms with E-state index < -0.39 is 75.5 Å². The largest absolute Gasteiger partial charge is 0.508 e. The number of anilines is 1. The maximum atomic E-state index is 15.2. The normalized spacial score (nSPS) is 26.4. The molecule has 0 spiro atoms. The van der Waals surface area contributed by atoms with Gasteiger partial charge in [0.2, 0.25) is 11.8 Å². The van der Waals surface area contributed by atoms with Crippen molar-refractivity contribution < 1.29 is 47.4 Å². The summed E-state index contributed by atoms with van der Waals surface area (Å²) >= 11 is 12.5. The van der Waals surface area contributed by atoms with Gasteiger partial charge in [0, 0.05) is 30.1 Å². The second-order valence-electron chi connectivity index (χ2n) is 14.0. The van der Waals surface area contributed by atoms with Gasteiger partial charge < -0.3 is 10.2 Å². The zero-order valence-corrected chi connectivity index (χ0v) is 29.9. The van der Waals surface area contributed by atoms with Crippen molar-refractivity contribution in [3.05, 3.63) is 99.2 Å². The van der Waals surface area contributed by atoms with Gasteiger partial charge in [0.05, 0.1) is 33.8 Å². The Labute approximate surface area is 316 Å². The number of hydrogen-bond donors (Lipinski definition) is 3. The zero-order chi connectivity index (χ0) is 38.7. The van der Waals surface area contributed by atoms with Crippen LogP contribution in [0, 0.1) is 23.7 Å². The van der Waals surface area contributed by atoms with Gasteiger partial charge in [0.25, 0.3) is 11.8 Å². The molecule has 3 N–H and O–H groups in total. The monoisotopic (exact) mass is 784 g/mol. The number of allylic oxidation sites excluding steroid dienone is 2. The standard InChI is InChI=1S/C38H33Cl2F3N4O7/c39-22-9-7-20(8-10-22)37-27(34(52)47(36(37)54)45-32-28(40)16-21(18-44-32)38(41,42)43)17-26-24(31(37)19-5-11-23(48)12-6-19)13-14-25-30(26)35(53)46(33(25)51)15-3-1-2-4-29(49)50/h5-13,16,18,25-27,30-31,48H,1-4,14-15,17H2,(H,44,45)(H,49,50). The number of phenolic OH excluding ortho intramolecular Hbond substituents is 1. The molecule has 282 valence electrons. The van der Waals surface area contributed by atoms with E-state index in [1.165, 1.54) is 17.0 Å². The lowest BCUT2D eigenvalue weighted by Crippen LogP contribution is -2.53. The average Bonchev–Trinajstić information content (AvgIpc) is 3.49. The number of fused-ring (bicyclic) bond motifs is 4. The van der Waals surface area contributed by atoms with E-state index in [4.69, 9.17) is 28.3 Å². The van der Waals surface area contributed by atoms with Crippen LogP contribution in [0.2, 0.25) is 10.0 Å². The molecular formula is C38H33Cl2F3N4O7. The molecule has 6 atom stereocenters. The van der Waals surface area contributed by atoms with Crippen molar-refractivity contribution in [2.24, 2.45) is 23.7 Å². The molecule has 2 aromatic carbocycles. The summed E-state index contributed by atoms with van der Waals surface area (Å²) in [5.74, 6) is -7.96. The molecule has 4 amide bonds. The molecule has 3 fully saturated rings. The van der Waals surface area contributed by atoms with E-state index in [1.54, 1.807) is 36.4 Å². The molecule has 3 aromatic rings. The van der Waals surface area contributed by atoms with Crippen LogP contribution in [0.15, 0.2) is 72.4 Å². The van der Waals surface area contributed by atoms with E-state index in [1.807, 2.05) is 6.08 Å². The number of carboxylic acid groups (broad SMARTS) is 1. The molecule has 1 aromatic heterocycles. The minimum absolute atomic E-state index is 0.0301. The van der Waals surface area contributed by atoms with Crippen molar-refractivity contribution in [1.82, 2.24) is 14.9 Å². The fourth-order valence-electron chi connectivity index (χ4n) is 8.83. The molecule has 2 aliphatic heterocycles. The maximum absolute atomic E-state index is 15.2. The number of unbranched alkanes of at least 4 members (excludes halogenated alkanes) is 2. The van der Waals surface area contributed by atoms with Gasteiger partial charge in [-0.3, -0.25) is 34.3 Å². The molecule has 1 saturated carbocycles. The summed E-state index contributed by atoms with van der Waals surface area (Å²) < 4.78 is 40.3. The highest BCUT2D eigenvalue weighted by Gasteiger charge is 2.70. The summed E-state index contributed by atoms with van der Waals surface area (Å²) in [6, 6.07) is 13.2. The molecular weight excluding hydrogens is 752 g/mol. The van der Waals surface area contributed by atoms with E-state index in [0.717, 1.165) is 0 Å². The molecule has 3 heterocycles. The highest BCUT2D eigenvalue weighted by molar-refractivity contribution is 6.33. The molecule has 2 aliphatic carbocycles. The number of carbonyl (C=O) groups excluding carboxylic acids is 4. The van der Waals surface area contributed by atoms with Crippen LogP contribution < -0.4 is 5.43 Å². The number of benzene rings is 2. The minimum Gasteiger partial charge on any atom is -0.508 e. The molecule has 6 unspecified atom stereocenters. The Bertz CT molecular complexity index is 2080. The van der Waals surface area contributed by atoms with Crippen molar-refractivity contribution >= 4 is 58.6 Å². The number of nitrogens with one attached hydrogen (secondary N) is 1. The highest BCUT2D eigenvalue weighted by Crippen LogP contribution is 2.64. The highest BCUT2D eigenvalue weighted by atomic mass is 35.5. The Morgan fingerprint density at radius 1 is 0.944 bits per heavy atom. The van der Waals surface area contributed by atoms with Crippen LogP contribution in [0.4, 0.5) is 19.0 Å². The number of hydrogen-bond acceptors (Lipinski definition) is 8. The number of alkyl halides is 3. The number of halogens is 5. The van der Waals surface area contributed by atoms with Gasteiger partial charge in [-0.1, -0.05) is 65.5 Å².